The van der Waals surface area contributed by atoms with Crippen molar-refractivity contribution >= 4 is 11.6 Å². The Kier molecular flexibility index (Phi) is 19.7. The normalized spacial score (nSPS) is 14.0. The van der Waals surface area contributed by atoms with Crippen molar-refractivity contribution in [3.05, 3.63) is 0 Å². The zero-order valence-electron chi connectivity index (χ0n) is 16.4. The topological polar surface area (TPSA) is 29.5 Å². The summed E-state index contributed by atoms with van der Waals surface area (Å²) < 4.78 is 5.70. The average Bonchev–Trinajstić information content (AvgIpc) is 2.59. The number of alkyl halides is 1. The summed E-state index contributed by atoms with van der Waals surface area (Å²) >= 11 is 5.62. The number of hydrogen-bond acceptors (Lipinski definition) is 2. The van der Waals surface area contributed by atoms with Gasteiger partial charge in [-0.3, -0.25) is 0 Å². The molecule has 0 aromatic carbocycles. The molecule has 2 atom stereocenters. The van der Waals surface area contributed by atoms with Crippen LogP contribution >= 0.6 is 11.6 Å². The van der Waals surface area contributed by atoms with Gasteiger partial charge >= 0.3 is 0 Å². The maximum Gasteiger partial charge on any atom is 0.0908 e. The van der Waals surface area contributed by atoms with Crippen molar-refractivity contribution in [2.45, 2.75) is 110 Å². The number of aliphatic hydroxyl groups is 1. The molecule has 0 amide bonds. The third-order valence-electron chi connectivity index (χ3n) is 4.77. The van der Waals surface area contributed by atoms with E-state index < -0.39 is 6.10 Å². The van der Waals surface area contributed by atoms with Crippen LogP contribution < -0.4 is 0 Å². The summed E-state index contributed by atoms with van der Waals surface area (Å²) in [6.45, 7) is 5.70. The molecule has 0 fully saturated rings. The van der Waals surface area contributed by atoms with E-state index in [0.29, 0.717) is 12.5 Å². The maximum atomic E-state index is 9.50. The standard InChI is InChI=1S/C21H43ClO2/c1-3-5-7-9-10-12-14-16-20(15-13-11-8-6-4-2)18-24-19-21(23)17-22/h20-21,23H,3-19H2,1-2H3. The summed E-state index contributed by atoms with van der Waals surface area (Å²) in [6.07, 6.45) is 18.3. The number of unbranched alkanes of at least 4 members (excludes halogenated alkanes) is 10. The maximum absolute atomic E-state index is 9.50. The largest absolute Gasteiger partial charge is 0.389 e. The van der Waals surface area contributed by atoms with E-state index in [2.05, 4.69) is 13.8 Å². The molecule has 0 heterocycles. The second-order valence-corrected chi connectivity index (χ2v) is 7.63. The minimum absolute atomic E-state index is 0.263. The molecule has 0 aromatic rings. The van der Waals surface area contributed by atoms with E-state index >= 15 is 0 Å². The molecule has 0 aromatic heterocycles. The Balaban J connectivity index is 3.80. The van der Waals surface area contributed by atoms with E-state index in [1.165, 1.54) is 89.9 Å². The molecule has 0 bridgehead atoms. The van der Waals surface area contributed by atoms with E-state index in [4.69, 9.17) is 16.3 Å². The second kappa shape index (κ2) is 19.5. The van der Waals surface area contributed by atoms with Crippen molar-refractivity contribution in [3.63, 3.8) is 0 Å². The molecule has 2 unspecified atom stereocenters. The smallest absolute Gasteiger partial charge is 0.0908 e. The highest BCUT2D eigenvalue weighted by molar-refractivity contribution is 6.18. The van der Waals surface area contributed by atoms with E-state index in [-0.39, 0.29) is 5.88 Å². The second-order valence-electron chi connectivity index (χ2n) is 7.32. The number of halogens is 1. The first-order valence-corrected chi connectivity index (χ1v) is 11.1. The van der Waals surface area contributed by atoms with Gasteiger partial charge in [0.2, 0.25) is 0 Å². The van der Waals surface area contributed by atoms with Crippen molar-refractivity contribution in [1.82, 2.24) is 0 Å². The van der Waals surface area contributed by atoms with Crippen molar-refractivity contribution < 1.29 is 9.84 Å². The summed E-state index contributed by atoms with van der Waals surface area (Å²) in [5.41, 5.74) is 0. The fourth-order valence-electron chi connectivity index (χ4n) is 3.15. The van der Waals surface area contributed by atoms with Crippen LogP contribution in [-0.2, 0) is 4.74 Å². The van der Waals surface area contributed by atoms with Gasteiger partial charge in [-0.15, -0.1) is 11.6 Å². The Morgan fingerprint density at radius 2 is 1.17 bits per heavy atom. The number of aliphatic hydroxyl groups excluding tert-OH is 1. The van der Waals surface area contributed by atoms with Crippen LogP contribution in [-0.4, -0.2) is 30.3 Å². The lowest BCUT2D eigenvalue weighted by molar-refractivity contribution is 0.0269. The summed E-state index contributed by atoms with van der Waals surface area (Å²) in [4.78, 5) is 0. The van der Waals surface area contributed by atoms with Gasteiger partial charge in [-0.05, 0) is 18.8 Å². The van der Waals surface area contributed by atoms with Crippen molar-refractivity contribution in [1.29, 1.82) is 0 Å². The molecule has 2 nitrogen and oxygen atoms in total. The molecule has 0 spiro atoms. The Morgan fingerprint density at radius 1 is 0.708 bits per heavy atom. The molecule has 0 rings (SSSR count). The van der Waals surface area contributed by atoms with Crippen LogP contribution in [0.2, 0.25) is 0 Å². The Hall–Kier alpha value is 0.210. The number of rotatable bonds is 19. The fourth-order valence-corrected chi connectivity index (χ4v) is 3.24. The van der Waals surface area contributed by atoms with Gasteiger partial charge in [0, 0.05) is 6.61 Å². The van der Waals surface area contributed by atoms with Gasteiger partial charge in [-0.25, -0.2) is 0 Å². The van der Waals surface area contributed by atoms with Gasteiger partial charge in [-0.2, -0.15) is 0 Å². The van der Waals surface area contributed by atoms with Crippen LogP contribution in [0.5, 0.6) is 0 Å². The molecule has 146 valence electrons. The summed E-state index contributed by atoms with van der Waals surface area (Å²) in [5.74, 6) is 0.921. The third-order valence-corrected chi connectivity index (χ3v) is 5.13. The van der Waals surface area contributed by atoms with Gasteiger partial charge in [-0.1, -0.05) is 90.9 Å². The van der Waals surface area contributed by atoms with Gasteiger partial charge in [0.15, 0.2) is 0 Å². The summed E-state index contributed by atoms with van der Waals surface area (Å²) in [7, 11) is 0. The van der Waals surface area contributed by atoms with Gasteiger partial charge in [0.05, 0.1) is 18.6 Å². The summed E-state index contributed by atoms with van der Waals surface area (Å²) in [5, 5.41) is 9.50. The molecule has 3 heteroatoms. The SMILES string of the molecule is CCCCCCCCCC(CCCCCCC)COCC(O)CCl. The van der Waals surface area contributed by atoms with E-state index in [9.17, 15) is 5.11 Å². The minimum atomic E-state index is -0.518. The van der Waals surface area contributed by atoms with Crippen molar-refractivity contribution in [2.75, 3.05) is 19.1 Å². The molecule has 0 aliphatic carbocycles. The fraction of sp³-hybridized carbons (Fsp3) is 1.00. The molecular weight excluding hydrogens is 320 g/mol. The molecular formula is C21H43ClO2. The van der Waals surface area contributed by atoms with Crippen LogP contribution in [0.1, 0.15) is 104 Å². The third kappa shape index (κ3) is 17.0. The minimum Gasteiger partial charge on any atom is -0.389 e. The molecule has 0 saturated carbocycles. The van der Waals surface area contributed by atoms with Crippen molar-refractivity contribution in [2.24, 2.45) is 5.92 Å². The monoisotopic (exact) mass is 362 g/mol. The highest BCUT2D eigenvalue weighted by Crippen LogP contribution is 2.19. The molecule has 0 saturated heterocycles. The van der Waals surface area contributed by atoms with Crippen molar-refractivity contribution in [3.8, 4) is 0 Å². The molecule has 0 aliphatic rings. The number of hydrogen-bond donors (Lipinski definition) is 1. The molecule has 0 radical (unpaired) electrons. The lowest BCUT2D eigenvalue weighted by atomic mass is 9.95. The molecule has 24 heavy (non-hydrogen) atoms. The van der Waals surface area contributed by atoms with E-state index in [1.807, 2.05) is 0 Å². The van der Waals surface area contributed by atoms with Crippen LogP contribution in [0, 0.1) is 5.92 Å². The highest BCUT2D eigenvalue weighted by atomic mass is 35.5. The Labute approximate surface area is 156 Å². The Morgan fingerprint density at radius 3 is 1.62 bits per heavy atom. The zero-order chi connectivity index (χ0) is 17.9. The first-order valence-electron chi connectivity index (χ1n) is 10.6. The van der Waals surface area contributed by atoms with Crippen LogP contribution in [0.3, 0.4) is 0 Å². The van der Waals surface area contributed by atoms with Gasteiger partial charge in [0.25, 0.3) is 0 Å². The first kappa shape index (κ1) is 24.2. The predicted octanol–water partition coefficient (Wildman–Crippen LogP) is 6.72. The Bertz CT molecular complexity index is 236. The number of ether oxygens (including phenoxy) is 1. The highest BCUT2D eigenvalue weighted by Gasteiger charge is 2.10. The van der Waals surface area contributed by atoms with Crippen LogP contribution in [0.15, 0.2) is 0 Å². The van der Waals surface area contributed by atoms with E-state index in [1.54, 1.807) is 0 Å². The summed E-state index contributed by atoms with van der Waals surface area (Å²) in [6, 6.07) is 0. The quantitative estimate of drug-likeness (QED) is 0.204. The zero-order valence-corrected chi connectivity index (χ0v) is 17.2. The van der Waals surface area contributed by atoms with Crippen LogP contribution in [0.4, 0.5) is 0 Å². The first-order chi connectivity index (χ1) is 11.7. The lowest BCUT2D eigenvalue weighted by Gasteiger charge is -2.18. The van der Waals surface area contributed by atoms with Gasteiger partial charge < -0.3 is 9.84 Å². The van der Waals surface area contributed by atoms with Crippen LogP contribution in [0.25, 0.3) is 0 Å². The molecule has 0 aliphatic heterocycles. The predicted molar refractivity (Wildman–Crippen MR) is 107 cm³/mol. The average molecular weight is 363 g/mol. The molecule has 1 N–H and O–H groups in total. The lowest BCUT2D eigenvalue weighted by Crippen LogP contribution is -2.20. The van der Waals surface area contributed by atoms with E-state index in [0.717, 1.165) is 6.61 Å². The van der Waals surface area contributed by atoms with Gasteiger partial charge in [0.1, 0.15) is 0 Å².